The normalized spacial score (nSPS) is 16.7. The van der Waals surface area contributed by atoms with Gasteiger partial charge in [-0.2, -0.15) is 18.3 Å². The number of nitrogens with zero attached hydrogens (tertiary/aromatic N) is 2. The number of ether oxygens (including phenoxy) is 3. The standard InChI is InChI=1S/C24H18F5N3O6/c25-23(26,27)18-10-19(36-12-22(6-7-22)21(34)35)32(31-18)15-3-1-2-14(9-15)20(33)30-11-13-4-5-16-17(8-13)38-24(28,29)37-16/h1-5,8-10H,6-7,11-12H2,(H,30,33)(H,34,35). The van der Waals surface area contributed by atoms with E-state index in [9.17, 15) is 36.6 Å². The fourth-order valence-corrected chi connectivity index (χ4v) is 3.74. The first-order chi connectivity index (χ1) is 17.9. The van der Waals surface area contributed by atoms with Gasteiger partial charge in [0.05, 0.1) is 5.69 Å². The van der Waals surface area contributed by atoms with E-state index in [2.05, 4.69) is 19.9 Å². The van der Waals surface area contributed by atoms with Crippen molar-refractivity contribution in [2.45, 2.75) is 31.9 Å². The summed E-state index contributed by atoms with van der Waals surface area (Å²) in [6.45, 7) is -0.413. The predicted molar refractivity (Wildman–Crippen MR) is 117 cm³/mol. The van der Waals surface area contributed by atoms with E-state index in [-0.39, 0.29) is 41.8 Å². The zero-order valence-electron chi connectivity index (χ0n) is 19.2. The number of nitrogens with one attached hydrogen (secondary N) is 1. The Bertz CT molecular complexity index is 1420. The fourth-order valence-electron chi connectivity index (χ4n) is 3.74. The van der Waals surface area contributed by atoms with Crippen LogP contribution in [0.15, 0.2) is 48.5 Å². The number of carboxylic acids is 1. The van der Waals surface area contributed by atoms with Crippen LogP contribution in [0.25, 0.3) is 5.69 Å². The van der Waals surface area contributed by atoms with Crippen molar-refractivity contribution >= 4 is 11.9 Å². The predicted octanol–water partition coefficient (Wildman–Crippen LogP) is 4.39. The van der Waals surface area contributed by atoms with Crippen molar-refractivity contribution in [2.75, 3.05) is 6.61 Å². The number of rotatable bonds is 8. The molecule has 1 aliphatic carbocycles. The number of aromatic nitrogens is 2. The molecule has 2 aromatic carbocycles. The number of benzene rings is 2. The number of halogens is 5. The molecule has 0 unspecified atom stereocenters. The van der Waals surface area contributed by atoms with Crippen LogP contribution in [-0.4, -0.2) is 39.7 Å². The molecule has 0 radical (unpaired) electrons. The van der Waals surface area contributed by atoms with Gasteiger partial charge in [-0.05, 0) is 48.7 Å². The van der Waals surface area contributed by atoms with Crippen molar-refractivity contribution in [1.82, 2.24) is 15.1 Å². The van der Waals surface area contributed by atoms with Gasteiger partial charge in [-0.1, -0.05) is 12.1 Å². The average molecular weight is 539 g/mol. The minimum absolute atomic E-state index is 0.0635. The molecule has 1 fully saturated rings. The third-order valence-electron chi connectivity index (χ3n) is 6.04. The van der Waals surface area contributed by atoms with Crippen LogP contribution in [0, 0.1) is 5.41 Å². The highest BCUT2D eigenvalue weighted by Crippen LogP contribution is 2.46. The summed E-state index contributed by atoms with van der Waals surface area (Å²) in [6.07, 6.45) is -7.90. The van der Waals surface area contributed by atoms with Crippen molar-refractivity contribution in [3.63, 3.8) is 0 Å². The number of carboxylic acid groups (broad SMARTS) is 1. The van der Waals surface area contributed by atoms with Crippen LogP contribution in [0.1, 0.15) is 34.5 Å². The van der Waals surface area contributed by atoms with Crippen molar-refractivity contribution < 1.29 is 50.9 Å². The van der Waals surface area contributed by atoms with Crippen molar-refractivity contribution in [1.29, 1.82) is 0 Å². The first kappa shape index (κ1) is 25.3. The molecule has 38 heavy (non-hydrogen) atoms. The summed E-state index contributed by atoms with van der Waals surface area (Å²) < 4.78 is 81.5. The van der Waals surface area contributed by atoms with Crippen LogP contribution >= 0.6 is 0 Å². The van der Waals surface area contributed by atoms with Crippen LogP contribution in [0.3, 0.4) is 0 Å². The van der Waals surface area contributed by atoms with E-state index in [1.807, 2.05) is 0 Å². The van der Waals surface area contributed by atoms with Gasteiger partial charge in [-0.25, -0.2) is 4.68 Å². The second kappa shape index (κ2) is 8.89. The third kappa shape index (κ3) is 5.06. The Labute approximate surface area is 210 Å². The molecule has 2 heterocycles. The molecule has 0 saturated heterocycles. The average Bonchev–Trinajstić information content (AvgIpc) is 3.41. The zero-order chi connectivity index (χ0) is 27.3. The maximum absolute atomic E-state index is 13.4. The number of carbonyl (C=O) groups excluding carboxylic acids is 1. The second-order valence-corrected chi connectivity index (χ2v) is 8.83. The maximum atomic E-state index is 13.4. The van der Waals surface area contributed by atoms with Gasteiger partial charge in [0.15, 0.2) is 17.2 Å². The Hall–Kier alpha value is -4.36. The lowest BCUT2D eigenvalue weighted by Gasteiger charge is -2.13. The molecule has 1 amide bonds. The highest BCUT2D eigenvalue weighted by atomic mass is 19.4. The lowest BCUT2D eigenvalue weighted by atomic mass is 10.1. The highest BCUT2D eigenvalue weighted by molar-refractivity contribution is 5.94. The molecule has 0 atom stereocenters. The van der Waals surface area contributed by atoms with Crippen LogP contribution < -0.4 is 19.5 Å². The summed E-state index contributed by atoms with van der Waals surface area (Å²) >= 11 is 0. The second-order valence-electron chi connectivity index (χ2n) is 8.83. The number of aliphatic carboxylic acids is 1. The summed E-state index contributed by atoms with van der Waals surface area (Å²) in [4.78, 5) is 24.2. The maximum Gasteiger partial charge on any atom is 0.586 e. The summed E-state index contributed by atoms with van der Waals surface area (Å²) in [5.74, 6) is -2.38. The summed E-state index contributed by atoms with van der Waals surface area (Å²) in [6, 6.07) is 10.2. The number of fused-ring (bicyclic) bond motifs is 1. The van der Waals surface area contributed by atoms with Crippen molar-refractivity contribution in [2.24, 2.45) is 5.41 Å². The topological polar surface area (TPSA) is 112 Å². The number of alkyl halides is 5. The van der Waals surface area contributed by atoms with Gasteiger partial charge in [0.2, 0.25) is 5.88 Å². The van der Waals surface area contributed by atoms with E-state index in [0.717, 1.165) is 4.68 Å². The molecular formula is C24H18F5N3O6. The van der Waals surface area contributed by atoms with E-state index < -0.39 is 35.5 Å². The van der Waals surface area contributed by atoms with Gasteiger partial charge in [0.25, 0.3) is 5.91 Å². The van der Waals surface area contributed by atoms with Crippen molar-refractivity contribution in [3.05, 3.63) is 65.4 Å². The molecule has 9 nitrogen and oxygen atoms in total. The largest absolute Gasteiger partial charge is 0.586 e. The molecule has 2 N–H and O–H groups in total. The van der Waals surface area contributed by atoms with E-state index in [4.69, 9.17) is 4.74 Å². The lowest BCUT2D eigenvalue weighted by molar-refractivity contribution is -0.286. The summed E-state index contributed by atoms with van der Waals surface area (Å²) in [7, 11) is 0. The van der Waals surface area contributed by atoms with Gasteiger partial charge in [0, 0.05) is 18.2 Å². The SMILES string of the molecule is O=C(NCc1ccc2c(c1)OC(F)(F)O2)c1cccc(-n2nc(C(F)(F)F)cc2OCC2(C(=O)O)CC2)c1. The summed E-state index contributed by atoms with van der Waals surface area (Å²) in [5.41, 5.74) is -1.85. The molecule has 1 aromatic heterocycles. The Morgan fingerprint density at radius 2 is 1.82 bits per heavy atom. The van der Waals surface area contributed by atoms with Crippen molar-refractivity contribution in [3.8, 4) is 23.1 Å². The molecule has 14 heteroatoms. The lowest BCUT2D eigenvalue weighted by Crippen LogP contribution is -2.26. The Balaban J connectivity index is 1.33. The van der Waals surface area contributed by atoms with E-state index in [1.165, 1.54) is 42.5 Å². The number of hydrogen-bond acceptors (Lipinski definition) is 6. The molecule has 5 rings (SSSR count). The van der Waals surface area contributed by atoms with E-state index in [1.54, 1.807) is 0 Å². The van der Waals surface area contributed by atoms with E-state index >= 15 is 0 Å². The fraction of sp³-hybridized carbons (Fsp3) is 0.292. The monoisotopic (exact) mass is 539 g/mol. The zero-order valence-corrected chi connectivity index (χ0v) is 19.2. The van der Waals surface area contributed by atoms with Gasteiger partial charge < -0.3 is 24.6 Å². The molecule has 1 saturated carbocycles. The Kier molecular flexibility index (Phi) is 5.92. The van der Waals surface area contributed by atoms with Crippen LogP contribution in [-0.2, 0) is 17.5 Å². The Morgan fingerprint density at radius 3 is 2.50 bits per heavy atom. The van der Waals surface area contributed by atoms with Gasteiger partial charge >= 0.3 is 18.4 Å². The van der Waals surface area contributed by atoms with Crippen LogP contribution in [0.5, 0.6) is 17.4 Å². The quantitative estimate of drug-likeness (QED) is 0.409. The number of hydrogen-bond donors (Lipinski definition) is 2. The number of amides is 1. The van der Waals surface area contributed by atoms with Gasteiger partial charge in [-0.3, -0.25) is 9.59 Å². The number of carbonyl (C=O) groups is 2. The minimum Gasteiger partial charge on any atom is -0.481 e. The molecule has 0 bridgehead atoms. The third-order valence-corrected chi connectivity index (χ3v) is 6.04. The highest BCUT2D eigenvalue weighted by Gasteiger charge is 2.51. The first-order valence-electron chi connectivity index (χ1n) is 11.2. The summed E-state index contributed by atoms with van der Waals surface area (Å²) in [5, 5.41) is 15.5. The smallest absolute Gasteiger partial charge is 0.481 e. The van der Waals surface area contributed by atoms with Gasteiger partial charge in [0.1, 0.15) is 12.0 Å². The van der Waals surface area contributed by atoms with Crippen LogP contribution in [0.4, 0.5) is 22.0 Å². The Morgan fingerprint density at radius 1 is 1.08 bits per heavy atom. The molecule has 1 aliphatic heterocycles. The minimum atomic E-state index is -4.79. The molecule has 3 aromatic rings. The van der Waals surface area contributed by atoms with Gasteiger partial charge in [-0.15, -0.1) is 8.78 Å². The first-order valence-corrected chi connectivity index (χ1v) is 11.2. The van der Waals surface area contributed by atoms with E-state index in [0.29, 0.717) is 24.5 Å². The molecule has 200 valence electrons. The molecule has 0 spiro atoms. The molecular weight excluding hydrogens is 521 g/mol. The van der Waals surface area contributed by atoms with Crippen LogP contribution in [0.2, 0.25) is 0 Å². The molecule has 2 aliphatic rings.